The average molecular weight is 444 g/mol. The van der Waals surface area contributed by atoms with Gasteiger partial charge in [0.1, 0.15) is 0 Å². The van der Waals surface area contributed by atoms with Crippen LogP contribution >= 0.6 is 24.0 Å². The number of piperidine rings is 1. The number of halogens is 1. The molecule has 0 radical (unpaired) electrons. The number of aliphatic imine (C=N–C) groups is 1. The quantitative estimate of drug-likeness (QED) is 0.415. The number of hydrogen-bond acceptors (Lipinski definition) is 2. The van der Waals surface area contributed by atoms with Crippen LogP contribution in [-0.2, 0) is 6.54 Å². The van der Waals surface area contributed by atoms with Crippen LogP contribution in [-0.4, -0.2) is 42.6 Å². The molecule has 0 aromatic heterocycles. The van der Waals surface area contributed by atoms with E-state index in [0.29, 0.717) is 12.1 Å². The molecule has 24 heavy (non-hydrogen) atoms. The van der Waals surface area contributed by atoms with Gasteiger partial charge in [0.05, 0.1) is 6.54 Å². The number of guanidine groups is 1. The molecule has 5 heteroatoms. The van der Waals surface area contributed by atoms with Gasteiger partial charge in [-0.05, 0) is 46.1 Å². The molecular weight excluding hydrogens is 411 g/mol. The van der Waals surface area contributed by atoms with Crippen molar-refractivity contribution in [1.29, 1.82) is 0 Å². The minimum atomic E-state index is 0. The zero-order chi connectivity index (χ0) is 16.7. The Kier molecular flexibility index (Phi) is 9.66. The molecule has 1 saturated heterocycles. The lowest BCUT2D eigenvalue weighted by Crippen LogP contribution is -2.49. The normalized spacial score (nSPS) is 16.8. The van der Waals surface area contributed by atoms with Gasteiger partial charge in [0, 0.05) is 31.7 Å². The molecule has 0 amide bonds. The third kappa shape index (κ3) is 6.97. The first-order valence-electron chi connectivity index (χ1n) is 8.93. The maximum Gasteiger partial charge on any atom is 0.191 e. The number of nitrogens with zero attached hydrogens (tertiary/aromatic N) is 2. The van der Waals surface area contributed by atoms with Crippen LogP contribution in [0.15, 0.2) is 29.3 Å². The van der Waals surface area contributed by atoms with Gasteiger partial charge in [0.2, 0.25) is 0 Å². The van der Waals surface area contributed by atoms with E-state index in [1.54, 1.807) is 0 Å². The summed E-state index contributed by atoms with van der Waals surface area (Å²) < 4.78 is 0. The molecule has 1 fully saturated rings. The standard InChI is InChI=1S/C19H32N4.HI/c1-5-20-19(21-14-17-8-6-16(4)7-9-17)22-18-10-12-23(13-11-18)15(2)3;/h6-9,15,18H,5,10-14H2,1-4H3,(H2,20,21,22);1H. The summed E-state index contributed by atoms with van der Waals surface area (Å²) in [5.41, 5.74) is 2.54. The maximum absolute atomic E-state index is 4.74. The van der Waals surface area contributed by atoms with Crippen molar-refractivity contribution in [3.63, 3.8) is 0 Å². The third-order valence-electron chi connectivity index (χ3n) is 4.49. The summed E-state index contributed by atoms with van der Waals surface area (Å²) >= 11 is 0. The lowest BCUT2D eigenvalue weighted by molar-refractivity contribution is 0.167. The number of benzene rings is 1. The van der Waals surface area contributed by atoms with Crippen LogP contribution in [0.1, 0.15) is 44.7 Å². The highest BCUT2D eigenvalue weighted by Gasteiger charge is 2.21. The van der Waals surface area contributed by atoms with Gasteiger partial charge >= 0.3 is 0 Å². The van der Waals surface area contributed by atoms with E-state index in [2.05, 4.69) is 67.5 Å². The molecule has 0 aliphatic carbocycles. The molecule has 2 rings (SSSR count). The average Bonchev–Trinajstić information content (AvgIpc) is 2.55. The lowest BCUT2D eigenvalue weighted by Gasteiger charge is -2.35. The lowest BCUT2D eigenvalue weighted by atomic mass is 10.0. The Morgan fingerprint density at radius 1 is 1.21 bits per heavy atom. The highest BCUT2D eigenvalue weighted by atomic mass is 127. The Morgan fingerprint density at radius 3 is 2.38 bits per heavy atom. The first-order chi connectivity index (χ1) is 11.1. The van der Waals surface area contributed by atoms with E-state index in [1.807, 2.05) is 0 Å². The van der Waals surface area contributed by atoms with Crippen LogP contribution in [0.3, 0.4) is 0 Å². The maximum atomic E-state index is 4.74. The first kappa shape index (κ1) is 21.2. The zero-order valence-electron chi connectivity index (χ0n) is 15.5. The van der Waals surface area contributed by atoms with E-state index in [4.69, 9.17) is 4.99 Å². The predicted octanol–water partition coefficient (Wildman–Crippen LogP) is 3.54. The summed E-state index contributed by atoms with van der Waals surface area (Å²) in [6, 6.07) is 9.78. The Bertz CT molecular complexity index is 491. The molecule has 1 aliphatic heterocycles. The second-order valence-corrected chi connectivity index (χ2v) is 6.73. The van der Waals surface area contributed by atoms with Gasteiger partial charge in [-0.1, -0.05) is 29.8 Å². The second-order valence-electron chi connectivity index (χ2n) is 6.73. The molecule has 0 spiro atoms. The fraction of sp³-hybridized carbons (Fsp3) is 0.632. The smallest absolute Gasteiger partial charge is 0.191 e. The summed E-state index contributed by atoms with van der Waals surface area (Å²) in [7, 11) is 0. The molecule has 0 unspecified atom stereocenters. The number of likely N-dealkylation sites (tertiary alicyclic amines) is 1. The van der Waals surface area contributed by atoms with Crippen molar-refractivity contribution in [2.24, 2.45) is 4.99 Å². The zero-order valence-corrected chi connectivity index (χ0v) is 17.8. The minimum Gasteiger partial charge on any atom is -0.357 e. The Balaban J connectivity index is 0.00000288. The Morgan fingerprint density at radius 2 is 1.83 bits per heavy atom. The van der Waals surface area contributed by atoms with E-state index in [1.165, 1.54) is 37.1 Å². The van der Waals surface area contributed by atoms with Crippen molar-refractivity contribution in [2.75, 3.05) is 19.6 Å². The molecule has 1 aliphatic rings. The van der Waals surface area contributed by atoms with Gasteiger partial charge in [-0.2, -0.15) is 0 Å². The monoisotopic (exact) mass is 444 g/mol. The summed E-state index contributed by atoms with van der Waals surface area (Å²) in [4.78, 5) is 7.29. The predicted molar refractivity (Wildman–Crippen MR) is 114 cm³/mol. The van der Waals surface area contributed by atoms with E-state index < -0.39 is 0 Å². The molecule has 1 aromatic rings. The topological polar surface area (TPSA) is 39.7 Å². The second kappa shape index (κ2) is 10.9. The van der Waals surface area contributed by atoms with E-state index >= 15 is 0 Å². The van der Waals surface area contributed by atoms with Crippen LogP contribution in [0, 0.1) is 6.92 Å². The number of rotatable bonds is 5. The van der Waals surface area contributed by atoms with Crippen LogP contribution in [0.4, 0.5) is 0 Å². The van der Waals surface area contributed by atoms with Crippen LogP contribution in [0.2, 0.25) is 0 Å². The molecule has 1 aromatic carbocycles. The fourth-order valence-electron chi connectivity index (χ4n) is 2.94. The minimum absolute atomic E-state index is 0. The summed E-state index contributed by atoms with van der Waals surface area (Å²) in [6.07, 6.45) is 2.38. The van der Waals surface area contributed by atoms with Gasteiger partial charge in [0.15, 0.2) is 5.96 Å². The molecule has 2 N–H and O–H groups in total. The van der Waals surface area contributed by atoms with Gasteiger partial charge in [-0.25, -0.2) is 4.99 Å². The first-order valence-corrected chi connectivity index (χ1v) is 8.93. The molecule has 136 valence electrons. The van der Waals surface area contributed by atoms with Crippen LogP contribution < -0.4 is 10.6 Å². The Labute approximate surface area is 164 Å². The highest BCUT2D eigenvalue weighted by Crippen LogP contribution is 2.13. The van der Waals surface area contributed by atoms with Gasteiger partial charge in [0.25, 0.3) is 0 Å². The number of nitrogens with one attached hydrogen (secondary N) is 2. The SMILES string of the molecule is CCNC(=NCc1ccc(C)cc1)NC1CCN(C(C)C)CC1.I. The van der Waals surface area contributed by atoms with Crippen molar-refractivity contribution < 1.29 is 0 Å². The molecule has 4 nitrogen and oxygen atoms in total. The van der Waals surface area contributed by atoms with E-state index in [-0.39, 0.29) is 24.0 Å². The third-order valence-corrected chi connectivity index (χ3v) is 4.49. The van der Waals surface area contributed by atoms with Crippen molar-refractivity contribution in [3.05, 3.63) is 35.4 Å². The van der Waals surface area contributed by atoms with Gasteiger partial charge in [-0.15, -0.1) is 24.0 Å². The summed E-state index contributed by atoms with van der Waals surface area (Å²) in [5.74, 6) is 0.941. The number of aryl methyl sites for hydroxylation is 1. The Hall–Kier alpha value is -0.820. The van der Waals surface area contributed by atoms with Crippen LogP contribution in [0.5, 0.6) is 0 Å². The van der Waals surface area contributed by atoms with Crippen LogP contribution in [0.25, 0.3) is 0 Å². The van der Waals surface area contributed by atoms with E-state index in [9.17, 15) is 0 Å². The highest BCUT2D eigenvalue weighted by molar-refractivity contribution is 14.0. The summed E-state index contributed by atoms with van der Waals surface area (Å²) in [5, 5.41) is 6.98. The fourth-order valence-corrected chi connectivity index (χ4v) is 2.94. The van der Waals surface area contributed by atoms with Gasteiger partial charge in [-0.3, -0.25) is 0 Å². The molecular formula is C19H33IN4. The van der Waals surface area contributed by atoms with Gasteiger partial charge < -0.3 is 15.5 Å². The summed E-state index contributed by atoms with van der Waals surface area (Å²) in [6.45, 7) is 12.7. The van der Waals surface area contributed by atoms with Crippen molar-refractivity contribution >= 4 is 29.9 Å². The van der Waals surface area contributed by atoms with Crippen molar-refractivity contribution in [3.8, 4) is 0 Å². The van der Waals surface area contributed by atoms with Crippen molar-refractivity contribution in [1.82, 2.24) is 15.5 Å². The van der Waals surface area contributed by atoms with E-state index in [0.717, 1.165) is 19.0 Å². The molecule has 0 atom stereocenters. The largest absolute Gasteiger partial charge is 0.357 e. The molecule has 0 bridgehead atoms. The number of hydrogen-bond donors (Lipinski definition) is 2. The molecule has 0 saturated carbocycles. The van der Waals surface area contributed by atoms with Crippen molar-refractivity contribution in [2.45, 2.75) is 59.2 Å². The molecule has 1 heterocycles.